The predicted molar refractivity (Wildman–Crippen MR) is 73.4 cm³/mol. The van der Waals surface area contributed by atoms with Crippen molar-refractivity contribution in [3.63, 3.8) is 0 Å². The first-order valence-electron chi connectivity index (χ1n) is 5.90. The molecular weight excluding hydrogens is 286 g/mol. The summed E-state index contributed by atoms with van der Waals surface area (Å²) >= 11 is 5.82. The van der Waals surface area contributed by atoms with Crippen LogP contribution in [0.2, 0.25) is 5.02 Å². The van der Waals surface area contributed by atoms with Crippen molar-refractivity contribution in [2.75, 3.05) is 6.61 Å². The van der Waals surface area contributed by atoms with Crippen LogP contribution in [0.5, 0.6) is 5.75 Å². The lowest BCUT2D eigenvalue weighted by atomic mass is 10.1. The Balaban J connectivity index is 2.13. The fraction of sp³-hybridized carbons (Fsp3) is 0.143. The zero-order chi connectivity index (χ0) is 14.5. The van der Waals surface area contributed by atoms with Gasteiger partial charge in [0.15, 0.2) is 0 Å². The molecule has 3 nitrogen and oxygen atoms in total. The van der Waals surface area contributed by atoms with Crippen LogP contribution in [-0.2, 0) is 0 Å². The van der Waals surface area contributed by atoms with E-state index in [9.17, 15) is 8.78 Å². The average molecular weight is 299 g/mol. The maximum absolute atomic E-state index is 13.7. The molecule has 1 unspecified atom stereocenters. The van der Waals surface area contributed by atoms with Gasteiger partial charge in [-0.2, -0.15) is 0 Å². The first kappa shape index (κ1) is 14.7. The third-order valence-corrected chi connectivity index (χ3v) is 3.00. The Labute approximate surface area is 120 Å². The summed E-state index contributed by atoms with van der Waals surface area (Å²) in [4.78, 5) is 0. The van der Waals surface area contributed by atoms with Crippen molar-refractivity contribution in [2.45, 2.75) is 6.04 Å². The number of nitrogens with two attached hydrogens (primary N) is 1. The summed E-state index contributed by atoms with van der Waals surface area (Å²) in [7, 11) is 0. The maximum atomic E-state index is 13.7. The van der Waals surface area contributed by atoms with Gasteiger partial charge in [-0.1, -0.05) is 23.7 Å². The lowest BCUT2D eigenvalue weighted by molar-refractivity contribution is 0.260. The maximum Gasteiger partial charge on any atom is 0.131 e. The van der Waals surface area contributed by atoms with Gasteiger partial charge in [0.1, 0.15) is 24.0 Å². The van der Waals surface area contributed by atoms with Gasteiger partial charge in [0.05, 0.1) is 6.04 Å². The minimum atomic E-state index is -0.810. The number of halogens is 3. The van der Waals surface area contributed by atoms with Crippen LogP contribution in [0.3, 0.4) is 0 Å². The molecule has 1 atom stereocenters. The summed E-state index contributed by atoms with van der Waals surface area (Å²) in [5.41, 5.74) is 2.19. The summed E-state index contributed by atoms with van der Waals surface area (Å²) < 4.78 is 32.8. The molecule has 20 heavy (non-hydrogen) atoms. The number of benzene rings is 2. The average Bonchev–Trinajstić information content (AvgIpc) is 2.42. The monoisotopic (exact) mass is 298 g/mol. The van der Waals surface area contributed by atoms with Crippen molar-refractivity contribution in [3.8, 4) is 5.75 Å². The van der Waals surface area contributed by atoms with Crippen molar-refractivity contribution >= 4 is 11.6 Å². The summed E-state index contributed by atoms with van der Waals surface area (Å²) in [5.74, 6) is 4.49. The third kappa shape index (κ3) is 3.45. The van der Waals surface area contributed by atoms with E-state index in [1.165, 1.54) is 18.2 Å². The first-order valence-corrected chi connectivity index (χ1v) is 6.28. The van der Waals surface area contributed by atoms with Gasteiger partial charge in [0.25, 0.3) is 0 Å². The molecule has 0 aliphatic rings. The molecule has 0 aliphatic carbocycles. The van der Waals surface area contributed by atoms with Gasteiger partial charge in [0, 0.05) is 10.6 Å². The smallest absolute Gasteiger partial charge is 0.131 e. The lowest BCUT2D eigenvalue weighted by Gasteiger charge is -2.18. The van der Waals surface area contributed by atoms with E-state index in [0.29, 0.717) is 10.8 Å². The zero-order valence-corrected chi connectivity index (χ0v) is 11.2. The highest BCUT2D eigenvalue weighted by molar-refractivity contribution is 6.30. The van der Waals surface area contributed by atoms with Crippen molar-refractivity contribution in [1.82, 2.24) is 5.43 Å². The van der Waals surface area contributed by atoms with Crippen LogP contribution in [0.1, 0.15) is 11.6 Å². The molecule has 2 aromatic rings. The van der Waals surface area contributed by atoms with Crippen molar-refractivity contribution < 1.29 is 13.5 Å². The van der Waals surface area contributed by atoms with E-state index < -0.39 is 17.7 Å². The minimum absolute atomic E-state index is 0.0330. The molecule has 0 heterocycles. The molecule has 2 aromatic carbocycles. The molecule has 0 saturated carbocycles. The van der Waals surface area contributed by atoms with E-state index in [0.717, 1.165) is 0 Å². The largest absolute Gasteiger partial charge is 0.491 e. The highest BCUT2D eigenvalue weighted by atomic mass is 35.5. The molecule has 3 N–H and O–H groups in total. The molecule has 0 saturated heterocycles. The fourth-order valence-corrected chi connectivity index (χ4v) is 1.98. The van der Waals surface area contributed by atoms with E-state index in [1.54, 1.807) is 24.3 Å². The van der Waals surface area contributed by atoms with E-state index in [2.05, 4.69) is 5.43 Å². The quantitative estimate of drug-likeness (QED) is 0.658. The highest BCUT2D eigenvalue weighted by Crippen LogP contribution is 2.23. The second kappa shape index (κ2) is 6.65. The fourth-order valence-electron chi connectivity index (χ4n) is 1.79. The predicted octanol–water partition coefficient (Wildman–Crippen LogP) is 3.20. The highest BCUT2D eigenvalue weighted by Gasteiger charge is 2.19. The summed E-state index contributed by atoms with van der Waals surface area (Å²) in [6.45, 7) is -0.0330. The molecule has 0 aliphatic heterocycles. The number of hydrazine groups is 1. The Kier molecular flexibility index (Phi) is 4.89. The van der Waals surface area contributed by atoms with E-state index in [1.807, 2.05) is 0 Å². The number of hydrogen-bond acceptors (Lipinski definition) is 3. The molecule has 0 radical (unpaired) electrons. The van der Waals surface area contributed by atoms with Crippen LogP contribution in [-0.4, -0.2) is 6.61 Å². The third-order valence-electron chi connectivity index (χ3n) is 2.76. The van der Waals surface area contributed by atoms with Gasteiger partial charge in [0.2, 0.25) is 0 Å². The molecule has 106 valence electrons. The van der Waals surface area contributed by atoms with Crippen LogP contribution in [0.25, 0.3) is 0 Å². The molecule has 0 fully saturated rings. The molecule has 0 aromatic heterocycles. The van der Waals surface area contributed by atoms with Crippen molar-refractivity contribution in [3.05, 3.63) is 64.7 Å². The van der Waals surface area contributed by atoms with E-state index >= 15 is 0 Å². The van der Waals surface area contributed by atoms with Crippen LogP contribution in [0.4, 0.5) is 8.78 Å². The molecule has 2 rings (SSSR count). The minimum Gasteiger partial charge on any atom is -0.491 e. The van der Waals surface area contributed by atoms with Gasteiger partial charge in [-0.25, -0.2) is 14.2 Å². The first-order chi connectivity index (χ1) is 9.61. The molecular formula is C14H13ClF2N2O. The number of rotatable bonds is 5. The molecule has 6 heteroatoms. The number of nitrogens with one attached hydrogen (secondary N) is 1. The Morgan fingerprint density at radius 1 is 1.15 bits per heavy atom. The van der Waals surface area contributed by atoms with E-state index in [4.69, 9.17) is 22.2 Å². The Bertz CT molecular complexity index is 575. The summed E-state index contributed by atoms with van der Waals surface area (Å²) in [6, 6.07) is 9.53. The Hall–Kier alpha value is -1.69. The second-order valence-corrected chi connectivity index (χ2v) is 4.56. The lowest BCUT2D eigenvalue weighted by Crippen LogP contribution is -2.33. The number of ether oxygens (including phenoxy) is 1. The molecule has 0 amide bonds. The van der Waals surface area contributed by atoms with Crippen LogP contribution < -0.4 is 16.0 Å². The van der Waals surface area contributed by atoms with Crippen molar-refractivity contribution in [1.29, 1.82) is 0 Å². The van der Waals surface area contributed by atoms with Gasteiger partial charge in [-0.3, -0.25) is 5.84 Å². The van der Waals surface area contributed by atoms with Gasteiger partial charge in [-0.05, 0) is 30.3 Å². The van der Waals surface area contributed by atoms with Crippen LogP contribution in [0, 0.1) is 11.6 Å². The second-order valence-electron chi connectivity index (χ2n) is 4.12. The van der Waals surface area contributed by atoms with Crippen LogP contribution in [0.15, 0.2) is 42.5 Å². The Morgan fingerprint density at radius 3 is 2.40 bits per heavy atom. The molecule has 0 spiro atoms. The standard InChI is InChI=1S/C14H13ClF2N2O/c15-9-3-1-4-10(7-9)20-8-13(19-18)14-11(16)5-2-6-12(14)17/h1-7,13,19H,8,18H2. The van der Waals surface area contributed by atoms with Gasteiger partial charge < -0.3 is 4.74 Å². The van der Waals surface area contributed by atoms with Crippen molar-refractivity contribution in [2.24, 2.45) is 5.84 Å². The normalized spacial score (nSPS) is 12.2. The SMILES string of the molecule is NNC(COc1cccc(Cl)c1)c1c(F)cccc1F. The van der Waals surface area contributed by atoms with E-state index in [-0.39, 0.29) is 12.2 Å². The summed E-state index contributed by atoms with van der Waals surface area (Å²) in [6.07, 6.45) is 0. The molecule has 0 bridgehead atoms. The van der Waals surface area contributed by atoms with Gasteiger partial charge >= 0.3 is 0 Å². The topological polar surface area (TPSA) is 47.3 Å². The van der Waals surface area contributed by atoms with Crippen LogP contribution >= 0.6 is 11.6 Å². The zero-order valence-electron chi connectivity index (χ0n) is 10.4. The summed E-state index contributed by atoms with van der Waals surface area (Å²) in [5, 5.41) is 0.511. The number of hydrogen-bond donors (Lipinski definition) is 2. The van der Waals surface area contributed by atoms with Gasteiger partial charge in [-0.15, -0.1) is 0 Å². The Morgan fingerprint density at radius 2 is 1.80 bits per heavy atom.